The van der Waals surface area contributed by atoms with Crippen molar-refractivity contribution in [3.05, 3.63) is 47.7 Å². The molecule has 1 N–H and O–H groups in total. The number of hydrogen-bond donors (Lipinski definition) is 1. The average Bonchev–Trinajstić information content (AvgIpc) is 2.38. The van der Waals surface area contributed by atoms with Gasteiger partial charge < -0.3 is 9.29 Å². The van der Waals surface area contributed by atoms with Crippen molar-refractivity contribution in [3.63, 3.8) is 0 Å². The number of benzene rings is 1. The van der Waals surface area contributed by atoms with Crippen LogP contribution in [0.15, 0.2) is 42.2 Å². The topological polar surface area (TPSA) is 46.5 Å². The van der Waals surface area contributed by atoms with E-state index in [4.69, 9.17) is 4.74 Å². The van der Waals surface area contributed by atoms with Gasteiger partial charge in [-0.15, -0.1) is 0 Å². The second kappa shape index (κ2) is 7.24. The molecule has 3 nitrogen and oxygen atoms in total. The molecule has 0 spiro atoms. The van der Waals surface area contributed by atoms with Crippen LogP contribution in [0, 0.1) is 0 Å². The van der Waals surface area contributed by atoms with Crippen LogP contribution in [-0.4, -0.2) is 15.8 Å². The van der Waals surface area contributed by atoms with Crippen LogP contribution in [0.5, 0.6) is 0 Å². The number of hydrogen-bond acceptors (Lipinski definition) is 4. The zero-order valence-electron chi connectivity index (χ0n) is 10.8. The van der Waals surface area contributed by atoms with Crippen LogP contribution in [-0.2, 0) is 9.53 Å². The average molecular weight is 266 g/mol. The van der Waals surface area contributed by atoms with Crippen molar-refractivity contribution in [2.24, 2.45) is 0 Å². The summed E-state index contributed by atoms with van der Waals surface area (Å²) in [6.07, 6.45) is 1.41. The molecule has 0 bridgehead atoms. The Bertz CT molecular complexity index is 410. The Labute approximate surface area is 112 Å². The maximum absolute atomic E-state index is 11.8. The highest BCUT2D eigenvalue weighted by molar-refractivity contribution is 7.95. The van der Waals surface area contributed by atoms with Crippen LogP contribution < -0.4 is 0 Å². The van der Waals surface area contributed by atoms with E-state index in [2.05, 4.69) is 0 Å². The van der Waals surface area contributed by atoms with Gasteiger partial charge in [0.1, 0.15) is 5.25 Å². The third-order valence-corrected chi connectivity index (χ3v) is 3.36. The molecule has 0 saturated carbocycles. The molecule has 18 heavy (non-hydrogen) atoms. The van der Waals surface area contributed by atoms with Gasteiger partial charge in [-0.25, -0.2) is 0 Å². The van der Waals surface area contributed by atoms with Gasteiger partial charge in [0.2, 0.25) is 0 Å². The normalized spacial score (nSPS) is 13.6. The number of esters is 1. The molecule has 0 aliphatic heterocycles. The van der Waals surface area contributed by atoms with E-state index >= 15 is 0 Å². The third kappa shape index (κ3) is 4.20. The summed E-state index contributed by atoms with van der Waals surface area (Å²) in [6, 6.07) is 9.60. The lowest BCUT2D eigenvalue weighted by Crippen LogP contribution is -2.24. The van der Waals surface area contributed by atoms with Gasteiger partial charge in [-0.1, -0.05) is 37.3 Å². The predicted molar refractivity (Wildman–Crippen MR) is 74.4 cm³/mol. The summed E-state index contributed by atoms with van der Waals surface area (Å²) in [5.74, 6) is -0.542. The lowest BCUT2D eigenvalue weighted by Gasteiger charge is -2.19. The molecule has 0 aliphatic rings. The van der Waals surface area contributed by atoms with Crippen molar-refractivity contribution in [2.75, 3.05) is 0 Å². The molecule has 4 heteroatoms. The largest absolute Gasteiger partial charge is 0.434 e. The minimum absolute atomic E-state index is 0.112. The zero-order valence-corrected chi connectivity index (χ0v) is 11.6. The first-order valence-electron chi connectivity index (χ1n) is 5.75. The lowest BCUT2D eigenvalue weighted by molar-refractivity contribution is -0.137. The molecule has 2 unspecified atom stereocenters. The van der Waals surface area contributed by atoms with Crippen molar-refractivity contribution in [3.8, 4) is 0 Å². The maximum atomic E-state index is 11.8. The Morgan fingerprint density at radius 2 is 1.94 bits per heavy atom. The molecular weight excluding hydrogens is 248 g/mol. The van der Waals surface area contributed by atoms with Gasteiger partial charge in [0.25, 0.3) is 0 Å². The summed E-state index contributed by atoms with van der Waals surface area (Å²) in [6.45, 7) is 5.58. The molecule has 1 aromatic rings. The fourth-order valence-electron chi connectivity index (χ4n) is 1.51. The summed E-state index contributed by atoms with van der Waals surface area (Å²) >= 11 is 0.529. The van der Waals surface area contributed by atoms with Crippen LogP contribution in [0.3, 0.4) is 0 Å². The zero-order chi connectivity index (χ0) is 13.5. The minimum Gasteiger partial charge on any atom is -0.434 e. The monoisotopic (exact) mass is 266 g/mol. The van der Waals surface area contributed by atoms with E-state index in [0.717, 1.165) is 11.1 Å². The van der Waals surface area contributed by atoms with Gasteiger partial charge in [-0.05, 0) is 25.0 Å². The molecule has 2 atom stereocenters. The first-order chi connectivity index (χ1) is 8.56. The van der Waals surface area contributed by atoms with Gasteiger partial charge in [0.05, 0.1) is 6.26 Å². The molecule has 98 valence electrons. The third-order valence-electron chi connectivity index (χ3n) is 2.54. The van der Waals surface area contributed by atoms with Crippen molar-refractivity contribution in [2.45, 2.75) is 31.9 Å². The molecule has 0 heterocycles. The second-order valence-corrected chi connectivity index (χ2v) is 5.08. The van der Waals surface area contributed by atoms with E-state index in [1.54, 1.807) is 0 Å². The Kier molecular flexibility index (Phi) is 5.95. The minimum atomic E-state index is -0.622. The van der Waals surface area contributed by atoms with Crippen molar-refractivity contribution in [1.82, 2.24) is 0 Å². The number of ether oxygens (including phenoxy) is 1. The first kappa shape index (κ1) is 14.8. The highest BCUT2D eigenvalue weighted by Gasteiger charge is 2.28. The van der Waals surface area contributed by atoms with E-state index < -0.39 is 11.2 Å². The molecule has 1 rings (SSSR count). The predicted octanol–water partition coefficient (Wildman–Crippen LogP) is 3.83. The van der Waals surface area contributed by atoms with E-state index in [1.165, 1.54) is 6.26 Å². The Morgan fingerprint density at radius 1 is 1.33 bits per heavy atom. The van der Waals surface area contributed by atoms with Crippen molar-refractivity contribution in [1.29, 1.82) is 0 Å². The number of carbonyl (C=O) groups excluding carboxylic acids is 1. The van der Waals surface area contributed by atoms with Crippen LogP contribution >= 0.6 is 12.0 Å². The van der Waals surface area contributed by atoms with Crippen molar-refractivity contribution < 1.29 is 14.1 Å². The summed E-state index contributed by atoms with van der Waals surface area (Å²) in [4.78, 5) is 11.8. The van der Waals surface area contributed by atoms with E-state index in [0.29, 0.717) is 12.0 Å². The van der Waals surface area contributed by atoms with E-state index in [-0.39, 0.29) is 5.92 Å². The van der Waals surface area contributed by atoms with Gasteiger partial charge in [0, 0.05) is 18.0 Å². The van der Waals surface area contributed by atoms with Gasteiger partial charge >= 0.3 is 5.97 Å². The fourth-order valence-corrected chi connectivity index (χ4v) is 1.99. The Balaban J connectivity index is 2.77. The molecule has 0 aromatic heterocycles. The molecule has 0 aliphatic carbocycles. The molecular formula is C14H18O3S. The number of rotatable bonds is 5. The Hall–Kier alpha value is -1.26. The SMILES string of the molecule is CC(C)=COC(=O)C(SO)C(C)c1ccccc1. The van der Waals surface area contributed by atoms with Crippen LogP contribution in [0.4, 0.5) is 0 Å². The number of carbonyl (C=O) groups is 1. The molecule has 1 aromatic carbocycles. The highest BCUT2D eigenvalue weighted by Crippen LogP contribution is 2.27. The lowest BCUT2D eigenvalue weighted by atomic mass is 9.97. The Morgan fingerprint density at radius 3 is 2.44 bits per heavy atom. The molecule has 0 amide bonds. The summed E-state index contributed by atoms with van der Waals surface area (Å²) in [7, 11) is 0. The van der Waals surface area contributed by atoms with Crippen LogP contribution in [0.2, 0.25) is 0 Å². The van der Waals surface area contributed by atoms with Crippen LogP contribution in [0.25, 0.3) is 0 Å². The van der Waals surface area contributed by atoms with E-state index in [9.17, 15) is 9.35 Å². The van der Waals surface area contributed by atoms with Gasteiger partial charge in [0.15, 0.2) is 0 Å². The summed E-state index contributed by atoms with van der Waals surface area (Å²) in [5.41, 5.74) is 1.90. The van der Waals surface area contributed by atoms with E-state index in [1.807, 2.05) is 51.1 Å². The summed E-state index contributed by atoms with van der Waals surface area (Å²) < 4.78 is 14.3. The second-order valence-electron chi connectivity index (χ2n) is 4.36. The van der Waals surface area contributed by atoms with Crippen LogP contribution in [0.1, 0.15) is 32.3 Å². The standard InChI is InChI=1S/C14H18O3S/c1-10(2)9-17-14(15)13(18-16)11(3)12-7-5-4-6-8-12/h4-9,11,13,16H,1-3H3. The summed E-state index contributed by atoms with van der Waals surface area (Å²) in [5, 5.41) is -0.622. The van der Waals surface area contributed by atoms with Crippen molar-refractivity contribution >= 4 is 18.0 Å². The molecule has 0 saturated heterocycles. The molecule has 0 radical (unpaired) electrons. The number of allylic oxidation sites excluding steroid dienone is 1. The quantitative estimate of drug-likeness (QED) is 0.500. The van der Waals surface area contributed by atoms with Gasteiger partial charge in [-0.2, -0.15) is 0 Å². The molecule has 0 fully saturated rings. The van der Waals surface area contributed by atoms with Gasteiger partial charge in [-0.3, -0.25) is 4.79 Å². The smallest absolute Gasteiger partial charge is 0.326 e. The highest BCUT2D eigenvalue weighted by atomic mass is 32.2. The fraction of sp³-hybridized carbons (Fsp3) is 0.357. The maximum Gasteiger partial charge on any atom is 0.326 e. The first-order valence-corrected chi connectivity index (χ1v) is 6.59.